The summed E-state index contributed by atoms with van der Waals surface area (Å²) in [5.41, 5.74) is 1.06. The topological polar surface area (TPSA) is 64.6 Å². The van der Waals surface area contributed by atoms with Crippen LogP contribution >= 0.6 is 11.3 Å². The molecule has 0 unspecified atom stereocenters. The molecule has 144 valence electrons. The molecule has 5 nitrogen and oxygen atoms in total. The molecule has 1 N–H and O–H groups in total. The summed E-state index contributed by atoms with van der Waals surface area (Å²) < 4.78 is 23.3. The first-order chi connectivity index (χ1) is 13.6. The molecular formula is C21H18FNO4S. The molecule has 1 heterocycles. The molecule has 0 fully saturated rings. The maximum absolute atomic E-state index is 13.2. The quantitative estimate of drug-likeness (QED) is 0.611. The number of hydrogen-bond donors (Lipinski definition) is 1. The van der Waals surface area contributed by atoms with Crippen LogP contribution in [0.1, 0.15) is 26.8 Å². The third-order valence-electron chi connectivity index (χ3n) is 4.00. The highest BCUT2D eigenvalue weighted by molar-refractivity contribution is 7.10. The standard InChI is InChI=1S/C21H18FNO4S/c1-26-17-10-6-15(7-11-17)21(25)27-13-19(24)23-20(18-3-2-12-28-18)14-4-8-16(22)9-5-14/h2-12,20H,13H2,1H3,(H,23,24)/t20-/m0/s1. The van der Waals surface area contributed by atoms with E-state index in [1.165, 1.54) is 30.6 Å². The summed E-state index contributed by atoms with van der Waals surface area (Å²) >= 11 is 1.47. The molecular weight excluding hydrogens is 381 g/mol. The highest BCUT2D eigenvalue weighted by Crippen LogP contribution is 2.26. The van der Waals surface area contributed by atoms with E-state index in [1.54, 1.807) is 36.4 Å². The Morgan fingerprint density at radius 2 is 1.79 bits per heavy atom. The predicted octanol–water partition coefficient (Wildman–Crippen LogP) is 3.96. The number of rotatable bonds is 7. The van der Waals surface area contributed by atoms with E-state index in [0.717, 1.165) is 10.4 Å². The maximum atomic E-state index is 13.2. The Morgan fingerprint density at radius 1 is 1.07 bits per heavy atom. The number of carbonyl (C=O) groups excluding carboxylic acids is 2. The second kappa shape index (κ2) is 9.14. The van der Waals surface area contributed by atoms with Crippen LogP contribution in [-0.4, -0.2) is 25.6 Å². The van der Waals surface area contributed by atoms with Gasteiger partial charge in [-0.2, -0.15) is 0 Å². The molecule has 1 aromatic heterocycles. The van der Waals surface area contributed by atoms with Crippen LogP contribution in [0.5, 0.6) is 5.75 Å². The molecule has 0 bridgehead atoms. The van der Waals surface area contributed by atoms with Crippen molar-refractivity contribution in [1.82, 2.24) is 5.32 Å². The first-order valence-corrected chi connectivity index (χ1v) is 9.34. The summed E-state index contributed by atoms with van der Waals surface area (Å²) in [5, 5.41) is 4.72. The van der Waals surface area contributed by atoms with Crippen molar-refractivity contribution >= 4 is 23.2 Å². The molecule has 3 aromatic rings. The van der Waals surface area contributed by atoms with Crippen molar-refractivity contribution in [1.29, 1.82) is 0 Å². The van der Waals surface area contributed by atoms with Gasteiger partial charge in [0.05, 0.1) is 18.7 Å². The normalized spacial score (nSPS) is 11.5. The summed E-state index contributed by atoms with van der Waals surface area (Å²) in [6, 6.07) is 15.6. The van der Waals surface area contributed by atoms with Crippen molar-refractivity contribution < 1.29 is 23.5 Å². The number of ether oxygens (including phenoxy) is 2. The number of hydrogen-bond acceptors (Lipinski definition) is 5. The Morgan fingerprint density at radius 3 is 2.39 bits per heavy atom. The van der Waals surface area contributed by atoms with Gasteiger partial charge >= 0.3 is 5.97 Å². The van der Waals surface area contributed by atoms with Gasteiger partial charge in [0.15, 0.2) is 6.61 Å². The number of benzene rings is 2. The summed E-state index contributed by atoms with van der Waals surface area (Å²) in [7, 11) is 1.53. The molecule has 1 atom stereocenters. The van der Waals surface area contributed by atoms with Gasteiger partial charge in [-0.3, -0.25) is 4.79 Å². The van der Waals surface area contributed by atoms with Gasteiger partial charge in [0.2, 0.25) is 0 Å². The predicted molar refractivity (Wildman–Crippen MR) is 104 cm³/mol. The van der Waals surface area contributed by atoms with Crippen molar-refractivity contribution in [2.24, 2.45) is 0 Å². The minimum atomic E-state index is -0.604. The van der Waals surface area contributed by atoms with E-state index in [0.29, 0.717) is 11.3 Å². The SMILES string of the molecule is COc1ccc(C(=O)OCC(=O)N[C@@H](c2ccc(F)cc2)c2cccs2)cc1. The van der Waals surface area contributed by atoms with Crippen LogP contribution in [-0.2, 0) is 9.53 Å². The molecule has 7 heteroatoms. The maximum Gasteiger partial charge on any atom is 0.338 e. The Labute approximate surface area is 165 Å². The van der Waals surface area contributed by atoms with Crippen molar-refractivity contribution in [2.45, 2.75) is 6.04 Å². The van der Waals surface area contributed by atoms with E-state index >= 15 is 0 Å². The van der Waals surface area contributed by atoms with E-state index in [1.807, 2.05) is 17.5 Å². The van der Waals surface area contributed by atoms with Crippen molar-refractivity contribution in [3.63, 3.8) is 0 Å². The monoisotopic (exact) mass is 399 g/mol. The number of nitrogens with one attached hydrogen (secondary N) is 1. The van der Waals surface area contributed by atoms with E-state index in [4.69, 9.17) is 9.47 Å². The van der Waals surface area contributed by atoms with Gasteiger partial charge in [0.25, 0.3) is 5.91 Å². The summed E-state index contributed by atoms with van der Waals surface area (Å²) in [5.74, 6) is -0.794. The lowest BCUT2D eigenvalue weighted by molar-refractivity contribution is -0.124. The van der Waals surface area contributed by atoms with Gasteiger partial charge in [0, 0.05) is 4.88 Å². The van der Waals surface area contributed by atoms with E-state index in [9.17, 15) is 14.0 Å². The zero-order chi connectivity index (χ0) is 19.9. The van der Waals surface area contributed by atoms with Crippen LogP contribution < -0.4 is 10.1 Å². The summed E-state index contributed by atoms with van der Waals surface area (Å²) in [4.78, 5) is 25.3. The molecule has 0 aliphatic carbocycles. The minimum absolute atomic E-state index is 0.321. The Hall–Kier alpha value is -3.19. The molecule has 0 saturated carbocycles. The van der Waals surface area contributed by atoms with Crippen LogP contribution in [0, 0.1) is 5.82 Å². The highest BCUT2D eigenvalue weighted by Gasteiger charge is 2.19. The van der Waals surface area contributed by atoms with Crippen molar-refractivity contribution in [2.75, 3.05) is 13.7 Å². The Balaban J connectivity index is 1.63. The molecule has 1 amide bonds. The third-order valence-corrected chi connectivity index (χ3v) is 4.93. The number of thiophene rings is 1. The summed E-state index contributed by atoms with van der Waals surface area (Å²) in [6.07, 6.45) is 0. The number of esters is 1. The van der Waals surface area contributed by atoms with Crippen LogP contribution in [0.25, 0.3) is 0 Å². The van der Waals surface area contributed by atoms with Gasteiger partial charge in [-0.1, -0.05) is 18.2 Å². The van der Waals surface area contributed by atoms with Crippen LogP contribution in [0.4, 0.5) is 4.39 Å². The molecule has 0 spiro atoms. The van der Waals surface area contributed by atoms with Crippen molar-refractivity contribution in [3.8, 4) is 5.75 Å². The first-order valence-electron chi connectivity index (χ1n) is 8.46. The third kappa shape index (κ3) is 4.95. The van der Waals surface area contributed by atoms with Gasteiger partial charge in [0.1, 0.15) is 11.6 Å². The molecule has 0 aliphatic heterocycles. The average molecular weight is 399 g/mol. The molecule has 0 saturated heterocycles. The second-order valence-electron chi connectivity index (χ2n) is 5.87. The lowest BCUT2D eigenvalue weighted by Crippen LogP contribution is -2.32. The zero-order valence-corrected chi connectivity index (χ0v) is 15.9. The van der Waals surface area contributed by atoms with Gasteiger partial charge in [-0.05, 0) is 53.4 Å². The first kappa shape index (κ1) is 19.6. The van der Waals surface area contributed by atoms with Crippen molar-refractivity contribution in [3.05, 3.63) is 87.9 Å². The van der Waals surface area contributed by atoms with Gasteiger partial charge in [-0.25, -0.2) is 9.18 Å². The molecule has 3 rings (SSSR count). The van der Waals surface area contributed by atoms with Crippen LogP contribution in [0.2, 0.25) is 0 Å². The second-order valence-corrected chi connectivity index (χ2v) is 6.85. The van der Waals surface area contributed by atoms with Crippen LogP contribution in [0.15, 0.2) is 66.0 Å². The fourth-order valence-corrected chi connectivity index (χ4v) is 3.38. The fraction of sp³-hybridized carbons (Fsp3) is 0.143. The number of amides is 1. The largest absolute Gasteiger partial charge is 0.497 e. The molecule has 2 aromatic carbocycles. The molecule has 0 radical (unpaired) electrons. The number of methoxy groups -OCH3 is 1. The van der Waals surface area contributed by atoms with Gasteiger partial charge < -0.3 is 14.8 Å². The number of halogens is 1. The smallest absolute Gasteiger partial charge is 0.338 e. The Kier molecular flexibility index (Phi) is 6.39. The minimum Gasteiger partial charge on any atom is -0.497 e. The highest BCUT2D eigenvalue weighted by atomic mass is 32.1. The van der Waals surface area contributed by atoms with Gasteiger partial charge in [-0.15, -0.1) is 11.3 Å². The molecule has 28 heavy (non-hydrogen) atoms. The lowest BCUT2D eigenvalue weighted by Gasteiger charge is -2.18. The average Bonchev–Trinajstić information content (AvgIpc) is 3.25. The van der Waals surface area contributed by atoms with E-state index in [-0.39, 0.29) is 5.82 Å². The zero-order valence-electron chi connectivity index (χ0n) is 15.1. The molecule has 0 aliphatic rings. The Bertz CT molecular complexity index is 924. The fourth-order valence-electron chi connectivity index (χ4n) is 2.57. The lowest BCUT2D eigenvalue weighted by atomic mass is 10.1. The summed E-state index contributed by atoms with van der Waals surface area (Å²) in [6.45, 7) is -0.423. The number of carbonyl (C=O) groups is 2. The van der Waals surface area contributed by atoms with E-state index in [2.05, 4.69) is 5.32 Å². The van der Waals surface area contributed by atoms with E-state index < -0.39 is 24.5 Å². The van der Waals surface area contributed by atoms with Crippen LogP contribution in [0.3, 0.4) is 0 Å².